The summed E-state index contributed by atoms with van der Waals surface area (Å²) >= 11 is 0. The molecule has 0 bridgehead atoms. The van der Waals surface area contributed by atoms with Crippen LogP contribution in [-0.2, 0) is 11.3 Å². The minimum atomic E-state index is -0.919. The number of nitrogens with one attached hydrogen (secondary N) is 1. The van der Waals surface area contributed by atoms with Gasteiger partial charge in [0, 0.05) is 5.54 Å². The standard InChI is InChI=1S/C13H11BN2O4.C5H11NO/c1-8-11(3-2-9-7-19-14(18)13(8)9)20-12-5-15-10(6-17)4-16-12;1-6-5(4-7)2-3-5/h2-6,18H,7H2,1H3;6-7H,2-4H2,1H3. The van der Waals surface area contributed by atoms with Gasteiger partial charge in [0.15, 0.2) is 6.29 Å². The molecule has 0 saturated heterocycles. The molecule has 27 heavy (non-hydrogen) atoms. The van der Waals surface area contributed by atoms with Gasteiger partial charge in [-0.3, -0.25) is 4.79 Å². The Labute approximate surface area is 157 Å². The number of hydrogen-bond acceptors (Lipinski definition) is 8. The number of aldehydes is 1. The van der Waals surface area contributed by atoms with Crippen molar-refractivity contribution in [3.8, 4) is 11.6 Å². The summed E-state index contributed by atoms with van der Waals surface area (Å²) in [4.78, 5) is 18.4. The van der Waals surface area contributed by atoms with E-state index in [4.69, 9.17) is 14.5 Å². The number of fused-ring (bicyclic) bond motifs is 1. The molecule has 0 radical (unpaired) electrons. The smallest absolute Gasteiger partial charge is 0.437 e. The van der Waals surface area contributed by atoms with Crippen LogP contribution in [-0.4, -0.2) is 52.7 Å². The number of ether oxygens (including phenoxy) is 1. The van der Waals surface area contributed by atoms with Gasteiger partial charge in [-0.2, -0.15) is 0 Å². The van der Waals surface area contributed by atoms with Gasteiger partial charge in [-0.25, -0.2) is 9.97 Å². The summed E-state index contributed by atoms with van der Waals surface area (Å²) in [6.07, 6.45) is 5.61. The second-order valence-electron chi connectivity index (χ2n) is 6.61. The van der Waals surface area contributed by atoms with Crippen LogP contribution in [0.5, 0.6) is 11.6 Å². The lowest BCUT2D eigenvalue weighted by Gasteiger charge is -2.11. The van der Waals surface area contributed by atoms with Gasteiger partial charge in [0.25, 0.3) is 0 Å². The van der Waals surface area contributed by atoms with Gasteiger partial charge < -0.3 is 24.8 Å². The zero-order valence-corrected chi connectivity index (χ0v) is 15.3. The first-order valence-corrected chi connectivity index (χ1v) is 8.69. The van der Waals surface area contributed by atoms with Gasteiger partial charge in [-0.1, -0.05) is 6.07 Å². The molecule has 1 aliphatic carbocycles. The zero-order valence-electron chi connectivity index (χ0n) is 15.3. The summed E-state index contributed by atoms with van der Waals surface area (Å²) in [5.41, 5.74) is 2.87. The van der Waals surface area contributed by atoms with Crippen LogP contribution >= 0.6 is 0 Å². The Hall–Kier alpha value is -2.33. The molecule has 4 rings (SSSR count). The molecule has 1 fully saturated rings. The van der Waals surface area contributed by atoms with E-state index in [1.54, 1.807) is 6.07 Å². The maximum absolute atomic E-state index is 10.5. The quantitative estimate of drug-likeness (QED) is 0.509. The van der Waals surface area contributed by atoms with E-state index >= 15 is 0 Å². The van der Waals surface area contributed by atoms with Crippen molar-refractivity contribution < 1.29 is 24.3 Å². The number of benzene rings is 1. The molecule has 142 valence electrons. The highest BCUT2D eigenvalue weighted by molar-refractivity contribution is 6.62. The van der Waals surface area contributed by atoms with Crippen molar-refractivity contribution in [3.05, 3.63) is 41.3 Å². The van der Waals surface area contributed by atoms with E-state index in [-0.39, 0.29) is 17.1 Å². The van der Waals surface area contributed by atoms with E-state index in [1.165, 1.54) is 12.4 Å². The molecule has 0 atom stereocenters. The minimum absolute atomic E-state index is 0.139. The number of nitrogens with zero attached hydrogens (tertiary/aromatic N) is 2. The molecule has 0 amide bonds. The van der Waals surface area contributed by atoms with Crippen molar-refractivity contribution in [2.24, 2.45) is 0 Å². The minimum Gasteiger partial charge on any atom is -0.437 e. The molecule has 1 aliphatic heterocycles. The molecule has 3 N–H and O–H groups in total. The average molecular weight is 371 g/mol. The lowest BCUT2D eigenvalue weighted by Crippen LogP contribution is -2.30. The van der Waals surface area contributed by atoms with Crippen molar-refractivity contribution >= 4 is 18.9 Å². The zero-order chi connectivity index (χ0) is 19.4. The van der Waals surface area contributed by atoms with Crippen molar-refractivity contribution in [2.45, 2.75) is 31.9 Å². The Morgan fingerprint density at radius 2 is 2.15 bits per heavy atom. The topological polar surface area (TPSA) is 114 Å². The van der Waals surface area contributed by atoms with E-state index in [0.717, 1.165) is 29.4 Å². The molecule has 0 spiro atoms. The van der Waals surface area contributed by atoms with Crippen LogP contribution in [0.1, 0.15) is 34.5 Å². The van der Waals surface area contributed by atoms with Gasteiger partial charge >= 0.3 is 7.12 Å². The molecule has 9 heteroatoms. The number of aliphatic hydroxyl groups is 1. The third-order valence-corrected chi connectivity index (χ3v) is 4.87. The first kappa shape index (κ1) is 19.4. The van der Waals surface area contributed by atoms with Crippen molar-refractivity contribution in [2.75, 3.05) is 13.7 Å². The normalized spacial score (nSPS) is 16.2. The summed E-state index contributed by atoms with van der Waals surface area (Å²) in [5, 5.41) is 21.4. The number of carbonyl (C=O) groups is 1. The lowest BCUT2D eigenvalue weighted by atomic mass is 9.76. The highest BCUT2D eigenvalue weighted by Crippen LogP contribution is 2.33. The van der Waals surface area contributed by atoms with Crippen LogP contribution in [0, 0.1) is 6.92 Å². The molecule has 1 aromatic heterocycles. The molecule has 8 nitrogen and oxygen atoms in total. The molecular weight excluding hydrogens is 349 g/mol. The molecule has 2 aromatic rings. The second-order valence-corrected chi connectivity index (χ2v) is 6.61. The van der Waals surface area contributed by atoms with Crippen LogP contribution in [0.3, 0.4) is 0 Å². The first-order chi connectivity index (χ1) is 13.0. The second kappa shape index (κ2) is 8.14. The Bertz CT molecular complexity index is 805. The fourth-order valence-electron chi connectivity index (χ4n) is 2.79. The van der Waals surface area contributed by atoms with E-state index in [0.29, 0.717) is 25.2 Å². The molecule has 2 aliphatic rings. The number of aliphatic hydroxyl groups excluding tert-OH is 1. The first-order valence-electron chi connectivity index (χ1n) is 8.69. The molecule has 1 saturated carbocycles. The summed E-state index contributed by atoms with van der Waals surface area (Å²) in [5.74, 6) is 0.855. The summed E-state index contributed by atoms with van der Waals surface area (Å²) in [6, 6.07) is 3.64. The maximum atomic E-state index is 10.5. The van der Waals surface area contributed by atoms with Crippen LogP contribution in [0.2, 0.25) is 0 Å². The fraction of sp³-hybridized carbons (Fsp3) is 0.389. The number of rotatable bonds is 5. The Balaban J connectivity index is 0.000000253. The van der Waals surface area contributed by atoms with Crippen LogP contribution in [0.25, 0.3) is 0 Å². The lowest BCUT2D eigenvalue weighted by molar-refractivity contribution is 0.111. The summed E-state index contributed by atoms with van der Waals surface area (Å²) in [6.45, 7) is 2.54. The molecule has 0 unspecified atom stereocenters. The maximum Gasteiger partial charge on any atom is 0.492 e. The third-order valence-electron chi connectivity index (χ3n) is 4.87. The van der Waals surface area contributed by atoms with Crippen LogP contribution in [0.4, 0.5) is 0 Å². The highest BCUT2D eigenvalue weighted by atomic mass is 16.5. The van der Waals surface area contributed by atoms with E-state index < -0.39 is 7.12 Å². The number of hydrogen-bond donors (Lipinski definition) is 3. The number of likely N-dealkylation sites (N-methyl/N-ethyl adjacent to an activating group) is 1. The SMILES string of the molecule is CNC1(CO)CC1.Cc1c(Oc2cnc(C=O)cn2)ccc2c1B(O)OC2. The van der Waals surface area contributed by atoms with E-state index in [2.05, 4.69) is 15.3 Å². The number of carbonyl (C=O) groups excluding carboxylic acids is 1. The molecule has 2 heterocycles. The monoisotopic (exact) mass is 371 g/mol. The fourth-order valence-corrected chi connectivity index (χ4v) is 2.79. The van der Waals surface area contributed by atoms with E-state index in [9.17, 15) is 9.82 Å². The largest absolute Gasteiger partial charge is 0.492 e. The third kappa shape index (κ3) is 4.33. The average Bonchev–Trinajstić information content (AvgIpc) is 3.41. The number of aromatic nitrogens is 2. The Morgan fingerprint density at radius 3 is 2.67 bits per heavy atom. The molecule has 1 aromatic carbocycles. The van der Waals surface area contributed by atoms with Gasteiger partial charge in [-0.05, 0) is 49.5 Å². The summed E-state index contributed by atoms with van der Waals surface area (Å²) < 4.78 is 10.8. The predicted molar refractivity (Wildman–Crippen MR) is 99.2 cm³/mol. The Kier molecular flexibility index (Phi) is 5.86. The predicted octanol–water partition coefficient (Wildman–Crippen LogP) is 0.338. The van der Waals surface area contributed by atoms with Gasteiger partial charge in [0.2, 0.25) is 5.88 Å². The van der Waals surface area contributed by atoms with Gasteiger partial charge in [0.1, 0.15) is 11.4 Å². The van der Waals surface area contributed by atoms with Crippen molar-refractivity contribution in [3.63, 3.8) is 0 Å². The van der Waals surface area contributed by atoms with Gasteiger partial charge in [0.05, 0.1) is 25.6 Å². The summed E-state index contributed by atoms with van der Waals surface area (Å²) in [7, 11) is 0.973. The highest BCUT2D eigenvalue weighted by Gasteiger charge is 2.39. The van der Waals surface area contributed by atoms with Crippen molar-refractivity contribution in [1.29, 1.82) is 0 Å². The van der Waals surface area contributed by atoms with Crippen LogP contribution in [0.15, 0.2) is 24.5 Å². The van der Waals surface area contributed by atoms with Crippen LogP contribution < -0.4 is 15.5 Å². The van der Waals surface area contributed by atoms with E-state index in [1.807, 2.05) is 20.0 Å². The Morgan fingerprint density at radius 1 is 1.37 bits per heavy atom. The van der Waals surface area contributed by atoms with Gasteiger partial charge in [-0.15, -0.1) is 0 Å². The van der Waals surface area contributed by atoms with Crippen molar-refractivity contribution in [1.82, 2.24) is 15.3 Å². The molecular formula is C18H22BN3O5.